The second kappa shape index (κ2) is 5.84. The second-order valence-corrected chi connectivity index (χ2v) is 4.13. The van der Waals surface area contributed by atoms with E-state index in [1.54, 1.807) is 6.07 Å². The first-order valence-electron chi connectivity index (χ1n) is 5.91. The minimum atomic E-state index is -1.05. The molecule has 4 heteroatoms. The molecule has 0 bridgehead atoms. The molecule has 2 aromatic carbocycles. The molecule has 2 aromatic rings. The van der Waals surface area contributed by atoms with Crippen molar-refractivity contribution in [3.05, 3.63) is 59.7 Å². The van der Waals surface area contributed by atoms with E-state index in [1.165, 1.54) is 12.2 Å². The molecule has 0 atom stereocenters. The van der Waals surface area contributed by atoms with Gasteiger partial charge in [-0.3, -0.25) is 0 Å². The molecule has 0 saturated carbocycles. The van der Waals surface area contributed by atoms with Crippen LogP contribution in [0.25, 0.3) is 22.9 Å². The maximum atomic E-state index is 10.7. The van der Waals surface area contributed by atoms with Gasteiger partial charge in [0, 0.05) is 12.2 Å². The van der Waals surface area contributed by atoms with Gasteiger partial charge in [-0.2, -0.15) is 0 Å². The molecule has 0 heterocycles. The summed E-state index contributed by atoms with van der Waals surface area (Å²) in [6.45, 7) is 0. The van der Waals surface area contributed by atoms with Crippen LogP contribution in [0.5, 0.6) is 0 Å². The van der Waals surface area contributed by atoms with Crippen molar-refractivity contribution < 1.29 is 19.8 Å². The van der Waals surface area contributed by atoms with Gasteiger partial charge in [-0.25, -0.2) is 9.59 Å². The fourth-order valence-corrected chi connectivity index (χ4v) is 1.96. The van der Waals surface area contributed by atoms with Crippen molar-refractivity contribution in [3.8, 4) is 0 Å². The van der Waals surface area contributed by atoms with E-state index in [0.29, 0.717) is 11.1 Å². The van der Waals surface area contributed by atoms with Crippen LogP contribution in [0, 0.1) is 0 Å². The molecule has 20 heavy (non-hydrogen) atoms. The number of carbonyl (C=O) groups is 2. The molecule has 0 aliphatic rings. The molecule has 2 rings (SSSR count). The van der Waals surface area contributed by atoms with Crippen LogP contribution in [0.2, 0.25) is 0 Å². The molecular formula is C16H12O4. The Bertz CT molecular complexity index is 726. The highest BCUT2D eigenvalue weighted by atomic mass is 16.4. The molecule has 0 aliphatic carbocycles. The third kappa shape index (κ3) is 3.11. The highest BCUT2D eigenvalue weighted by Gasteiger charge is 2.04. The van der Waals surface area contributed by atoms with Crippen LogP contribution in [-0.2, 0) is 9.59 Å². The van der Waals surface area contributed by atoms with E-state index in [9.17, 15) is 9.59 Å². The average molecular weight is 268 g/mol. The van der Waals surface area contributed by atoms with Gasteiger partial charge in [0.1, 0.15) is 0 Å². The summed E-state index contributed by atoms with van der Waals surface area (Å²) < 4.78 is 0. The standard InChI is InChI=1S/C16H12O4/c17-15(18)9-7-12-6-5-11-3-1-2-4-13(11)14(12)8-10-16(19)20/h1-10H,(H,17,18)(H,19,20)/b9-7+,10-8+. The third-order valence-corrected chi connectivity index (χ3v) is 2.80. The Morgan fingerprint density at radius 2 is 1.50 bits per heavy atom. The zero-order chi connectivity index (χ0) is 14.5. The van der Waals surface area contributed by atoms with Crippen LogP contribution >= 0.6 is 0 Å². The Kier molecular flexibility index (Phi) is 3.96. The first-order chi connectivity index (χ1) is 9.58. The summed E-state index contributed by atoms with van der Waals surface area (Å²) in [5, 5.41) is 19.3. The SMILES string of the molecule is O=C(O)/C=C/c1ccc2ccccc2c1/C=C/C(=O)O. The van der Waals surface area contributed by atoms with Crippen molar-refractivity contribution in [1.29, 1.82) is 0 Å². The monoisotopic (exact) mass is 268 g/mol. The molecular weight excluding hydrogens is 256 g/mol. The van der Waals surface area contributed by atoms with Gasteiger partial charge in [-0.1, -0.05) is 36.4 Å². The maximum absolute atomic E-state index is 10.7. The van der Waals surface area contributed by atoms with Gasteiger partial charge in [0.15, 0.2) is 0 Å². The fraction of sp³-hybridized carbons (Fsp3) is 0. The van der Waals surface area contributed by atoms with Crippen molar-refractivity contribution >= 4 is 34.9 Å². The molecule has 0 unspecified atom stereocenters. The van der Waals surface area contributed by atoms with Gasteiger partial charge < -0.3 is 10.2 Å². The number of fused-ring (bicyclic) bond motifs is 1. The highest BCUT2D eigenvalue weighted by molar-refractivity contribution is 5.98. The molecule has 0 aliphatic heterocycles. The molecule has 2 N–H and O–H groups in total. The van der Waals surface area contributed by atoms with Gasteiger partial charge in [0.25, 0.3) is 0 Å². The van der Waals surface area contributed by atoms with Crippen molar-refractivity contribution in [3.63, 3.8) is 0 Å². The predicted octanol–water partition coefficient (Wildman–Crippen LogP) is 3.04. The molecule has 100 valence electrons. The Morgan fingerprint density at radius 1 is 0.850 bits per heavy atom. The summed E-state index contributed by atoms with van der Waals surface area (Å²) in [7, 11) is 0. The van der Waals surface area contributed by atoms with E-state index in [0.717, 1.165) is 22.9 Å². The number of hydrogen-bond donors (Lipinski definition) is 2. The Morgan fingerprint density at radius 3 is 2.20 bits per heavy atom. The summed E-state index contributed by atoms with van der Waals surface area (Å²) in [6, 6.07) is 11.2. The van der Waals surface area contributed by atoms with Crippen LogP contribution in [0.4, 0.5) is 0 Å². The summed E-state index contributed by atoms with van der Waals surface area (Å²) in [4.78, 5) is 21.3. The van der Waals surface area contributed by atoms with Crippen LogP contribution in [0.1, 0.15) is 11.1 Å². The topological polar surface area (TPSA) is 74.6 Å². The van der Waals surface area contributed by atoms with Crippen LogP contribution < -0.4 is 0 Å². The fourth-order valence-electron chi connectivity index (χ4n) is 1.96. The molecule has 0 amide bonds. The lowest BCUT2D eigenvalue weighted by atomic mass is 9.98. The van der Waals surface area contributed by atoms with Crippen LogP contribution in [0.15, 0.2) is 48.6 Å². The number of hydrogen-bond acceptors (Lipinski definition) is 2. The summed E-state index contributed by atoms with van der Waals surface area (Å²) in [5.74, 6) is -2.10. The largest absolute Gasteiger partial charge is 0.478 e. The highest BCUT2D eigenvalue weighted by Crippen LogP contribution is 2.25. The molecule has 0 radical (unpaired) electrons. The first kappa shape index (κ1) is 13.5. The van der Waals surface area contributed by atoms with E-state index >= 15 is 0 Å². The lowest BCUT2D eigenvalue weighted by Gasteiger charge is -2.06. The van der Waals surface area contributed by atoms with Crippen molar-refractivity contribution in [2.45, 2.75) is 0 Å². The zero-order valence-corrected chi connectivity index (χ0v) is 10.5. The van der Waals surface area contributed by atoms with E-state index in [2.05, 4.69) is 0 Å². The van der Waals surface area contributed by atoms with Gasteiger partial charge >= 0.3 is 11.9 Å². The number of benzene rings is 2. The second-order valence-electron chi connectivity index (χ2n) is 4.13. The number of carboxylic acid groups (broad SMARTS) is 2. The smallest absolute Gasteiger partial charge is 0.328 e. The van der Waals surface area contributed by atoms with E-state index in [1.807, 2.05) is 30.3 Å². The Labute approximate surface area is 115 Å². The maximum Gasteiger partial charge on any atom is 0.328 e. The summed E-state index contributed by atoms with van der Waals surface area (Å²) >= 11 is 0. The molecule has 4 nitrogen and oxygen atoms in total. The van der Waals surface area contributed by atoms with E-state index in [4.69, 9.17) is 10.2 Å². The molecule has 0 saturated heterocycles. The summed E-state index contributed by atoms with van der Waals surface area (Å²) in [5.41, 5.74) is 1.34. The number of carboxylic acids is 2. The normalized spacial score (nSPS) is 11.4. The van der Waals surface area contributed by atoms with E-state index < -0.39 is 11.9 Å². The van der Waals surface area contributed by atoms with Crippen molar-refractivity contribution in [2.24, 2.45) is 0 Å². The minimum Gasteiger partial charge on any atom is -0.478 e. The van der Waals surface area contributed by atoms with Crippen LogP contribution in [0.3, 0.4) is 0 Å². The van der Waals surface area contributed by atoms with Crippen molar-refractivity contribution in [1.82, 2.24) is 0 Å². The molecule has 0 aromatic heterocycles. The first-order valence-corrected chi connectivity index (χ1v) is 5.91. The van der Waals surface area contributed by atoms with Gasteiger partial charge in [0.2, 0.25) is 0 Å². The number of aliphatic carboxylic acids is 2. The average Bonchev–Trinajstić information content (AvgIpc) is 2.42. The Hall–Kier alpha value is -2.88. The molecule has 0 spiro atoms. The Balaban J connectivity index is 2.64. The van der Waals surface area contributed by atoms with Crippen molar-refractivity contribution in [2.75, 3.05) is 0 Å². The van der Waals surface area contributed by atoms with Gasteiger partial charge in [-0.15, -0.1) is 0 Å². The van der Waals surface area contributed by atoms with Crippen LogP contribution in [-0.4, -0.2) is 22.2 Å². The zero-order valence-electron chi connectivity index (χ0n) is 10.5. The summed E-state index contributed by atoms with van der Waals surface area (Å²) in [6.07, 6.45) is 5.00. The lowest BCUT2D eigenvalue weighted by molar-refractivity contribution is -0.132. The quantitative estimate of drug-likeness (QED) is 0.836. The predicted molar refractivity (Wildman–Crippen MR) is 77.3 cm³/mol. The molecule has 0 fully saturated rings. The van der Waals surface area contributed by atoms with E-state index in [-0.39, 0.29) is 0 Å². The van der Waals surface area contributed by atoms with Gasteiger partial charge in [0.05, 0.1) is 0 Å². The third-order valence-electron chi connectivity index (χ3n) is 2.80. The lowest BCUT2D eigenvalue weighted by Crippen LogP contribution is -1.90. The minimum absolute atomic E-state index is 0.656. The van der Waals surface area contributed by atoms with Gasteiger partial charge in [-0.05, 0) is 34.1 Å². The number of rotatable bonds is 4.